The molecular formula is C15H26N4O. The SMILES string of the molecule is CCCn1ncnc1CC(=O)C1(CCC)CCNCC1. The number of carbonyl (C=O) groups is 1. The minimum atomic E-state index is -0.136. The lowest BCUT2D eigenvalue weighted by Gasteiger charge is -2.36. The van der Waals surface area contributed by atoms with Gasteiger partial charge in [-0.25, -0.2) is 9.67 Å². The van der Waals surface area contributed by atoms with Crippen molar-refractivity contribution in [3.05, 3.63) is 12.2 Å². The van der Waals surface area contributed by atoms with Crippen molar-refractivity contribution >= 4 is 5.78 Å². The molecule has 2 heterocycles. The van der Waals surface area contributed by atoms with Gasteiger partial charge in [-0.15, -0.1) is 0 Å². The van der Waals surface area contributed by atoms with E-state index in [1.807, 2.05) is 4.68 Å². The van der Waals surface area contributed by atoms with Crippen LogP contribution in [-0.4, -0.2) is 33.6 Å². The highest BCUT2D eigenvalue weighted by Gasteiger charge is 2.38. The Morgan fingerprint density at radius 2 is 2.10 bits per heavy atom. The van der Waals surface area contributed by atoms with Crippen LogP contribution in [0.25, 0.3) is 0 Å². The molecule has 112 valence electrons. The summed E-state index contributed by atoms with van der Waals surface area (Å²) >= 11 is 0. The third kappa shape index (κ3) is 3.26. The largest absolute Gasteiger partial charge is 0.317 e. The van der Waals surface area contributed by atoms with Gasteiger partial charge in [0.1, 0.15) is 17.9 Å². The van der Waals surface area contributed by atoms with Gasteiger partial charge in [0, 0.05) is 12.0 Å². The fourth-order valence-electron chi connectivity index (χ4n) is 3.21. The molecule has 1 fully saturated rings. The molecule has 20 heavy (non-hydrogen) atoms. The second kappa shape index (κ2) is 6.97. The molecule has 1 aromatic heterocycles. The van der Waals surface area contributed by atoms with E-state index in [0.29, 0.717) is 12.2 Å². The average Bonchev–Trinajstić information content (AvgIpc) is 2.88. The van der Waals surface area contributed by atoms with Gasteiger partial charge in [0.05, 0.1) is 6.42 Å². The summed E-state index contributed by atoms with van der Waals surface area (Å²) in [5.74, 6) is 1.18. The fraction of sp³-hybridized carbons (Fsp3) is 0.800. The van der Waals surface area contributed by atoms with Crippen molar-refractivity contribution in [3.63, 3.8) is 0 Å². The maximum atomic E-state index is 12.8. The smallest absolute Gasteiger partial charge is 0.146 e. The predicted molar refractivity (Wildman–Crippen MR) is 78.5 cm³/mol. The van der Waals surface area contributed by atoms with Crippen molar-refractivity contribution < 1.29 is 4.79 Å². The monoisotopic (exact) mass is 278 g/mol. The number of nitrogens with zero attached hydrogens (tertiary/aromatic N) is 3. The van der Waals surface area contributed by atoms with E-state index in [1.54, 1.807) is 6.33 Å². The lowest BCUT2D eigenvalue weighted by Crippen LogP contribution is -2.43. The number of rotatable bonds is 7. The van der Waals surface area contributed by atoms with Crippen molar-refractivity contribution in [2.45, 2.75) is 58.9 Å². The summed E-state index contributed by atoms with van der Waals surface area (Å²) in [5, 5.41) is 7.57. The van der Waals surface area contributed by atoms with Gasteiger partial charge in [-0.2, -0.15) is 5.10 Å². The Morgan fingerprint density at radius 3 is 2.75 bits per heavy atom. The Hall–Kier alpha value is -1.23. The first-order valence-electron chi connectivity index (χ1n) is 7.82. The van der Waals surface area contributed by atoms with E-state index in [0.717, 1.165) is 57.6 Å². The summed E-state index contributed by atoms with van der Waals surface area (Å²) in [4.78, 5) is 17.1. The maximum absolute atomic E-state index is 12.8. The molecule has 0 bridgehead atoms. The van der Waals surface area contributed by atoms with Gasteiger partial charge in [-0.1, -0.05) is 20.3 Å². The second-order valence-electron chi connectivity index (χ2n) is 5.78. The zero-order valence-corrected chi connectivity index (χ0v) is 12.7. The summed E-state index contributed by atoms with van der Waals surface area (Å²) in [7, 11) is 0. The van der Waals surface area contributed by atoms with E-state index in [-0.39, 0.29) is 5.41 Å². The highest BCUT2D eigenvalue weighted by molar-refractivity contribution is 5.86. The Bertz CT molecular complexity index is 429. The number of Topliss-reactive ketones (excluding diaryl/α,β-unsaturated/α-hetero) is 1. The molecule has 1 saturated heterocycles. The first-order chi connectivity index (χ1) is 9.72. The van der Waals surface area contributed by atoms with Gasteiger partial charge in [-0.05, 0) is 38.8 Å². The van der Waals surface area contributed by atoms with E-state index >= 15 is 0 Å². The van der Waals surface area contributed by atoms with Gasteiger partial charge in [-0.3, -0.25) is 4.79 Å². The Labute approximate surface area is 121 Å². The van der Waals surface area contributed by atoms with Gasteiger partial charge in [0.25, 0.3) is 0 Å². The average molecular weight is 278 g/mol. The molecule has 0 amide bonds. The maximum Gasteiger partial charge on any atom is 0.146 e. The molecule has 1 aliphatic heterocycles. The minimum absolute atomic E-state index is 0.136. The molecule has 0 spiro atoms. The number of aromatic nitrogens is 3. The molecule has 1 aromatic rings. The van der Waals surface area contributed by atoms with Crippen LogP contribution in [0, 0.1) is 5.41 Å². The van der Waals surface area contributed by atoms with Crippen LogP contribution >= 0.6 is 0 Å². The number of hydrogen-bond donors (Lipinski definition) is 1. The van der Waals surface area contributed by atoms with E-state index in [4.69, 9.17) is 0 Å². The molecule has 5 nitrogen and oxygen atoms in total. The van der Waals surface area contributed by atoms with Gasteiger partial charge in [0.15, 0.2) is 0 Å². The number of nitrogens with one attached hydrogen (secondary N) is 1. The van der Waals surface area contributed by atoms with Crippen LogP contribution in [0.5, 0.6) is 0 Å². The highest BCUT2D eigenvalue weighted by atomic mass is 16.1. The predicted octanol–water partition coefficient (Wildman–Crippen LogP) is 1.97. The van der Waals surface area contributed by atoms with Crippen LogP contribution in [0.4, 0.5) is 0 Å². The van der Waals surface area contributed by atoms with Crippen LogP contribution < -0.4 is 5.32 Å². The lowest BCUT2D eigenvalue weighted by atomic mass is 9.71. The summed E-state index contributed by atoms with van der Waals surface area (Å²) in [6, 6.07) is 0. The van der Waals surface area contributed by atoms with Crippen LogP contribution in [0.15, 0.2) is 6.33 Å². The van der Waals surface area contributed by atoms with E-state index < -0.39 is 0 Å². The Balaban J connectivity index is 2.09. The van der Waals surface area contributed by atoms with Gasteiger partial charge >= 0.3 is 0 Å². The molecule has 0 aliphatic carbocycles. The molecule has 0 saturated carbocycles. The Morgan fingerprint density at radius 1 is 1.35 bits per heavy atom. The zero-order valence-electron chi connectivity index (χ0n) is 12.7. The fourth-order valence-corrected chi connectivity index (χ4v) is 3.21. The third-order valence-corrected chi connectivity index (χ3v) is 4.33. The molecule has 0 aromatic carbocycles. The standard InChI is InChI=1S/C15H26N4O/c1-3-5-15(6-8-16-9-7-15)13(20)11-14-17-12-18-19(14)10-4-2/h12,16H,3-11H2,1-2H3. The molecule has 1 N–H and O–H groups in total. The summed E-state index contributed by atoms with van der Waals surface area (Å²) in [5.41, 5.74) is -0.136. The van der Waals surface area contributed by atoms with E-state index in [1.165, 1.54) is 0 Å². The van der Waals surface area contributed by atoms with Crippen LogP contribution in [0.2, 0.25) is 0 Å². The van der Waals surface area contributed by atoms with Crippen molar-refractivity contribution in [3.8, 4) is 0 Å². The molecule has 0 atom stereocenters. The molecular weight excluding hydrogens is 252 g/mol. The highest BCUT2D eigenvalue weighted by Crippen LogP contribution is 2.35. The van der Waals surface area contributed by atoms with Crippen LogP contribution in [0.1, 0.15) is 51.8 Å². The summed E-state index contributed by atoms with van der Waals surface area (Å²) < 4.78 is 1.87. The first-order valence-corrected chi connectivity index (χ1v) is 7.82. The van der Waals surface area contributed by atoms with E-state index in [2.05, 4.69) is 29.2 Å². The van der Waals surface area contributed by atoms with Gasteiger partial charge in [0.2, 0.25) is 0 Å². The summed E-state index contributed by atoms with van der Waals surface area (Å²) in [6.45, 7) is 7.01. The molecule has 0 unspecified atom stereocenters. The van der Waals surface area contributed by atoms with Crippen LogP contribution in [-0.2, 0) is 17.8 Å². The van der Waals surface area contributed by atoms with Crippen molar-refractivity contribution in [1.29, 1.82) is 0 Å². The van der Waals surface area contributed by atoms with Crippen molar-refractivity contribution in [1.82, 2.24) is 20.1 Å². The normalized spacial score (nSPS) is 18.1. The summed E-state index contributed by atoms with van der Waals surface area (Å²) in [6.07, 6.45) is 6.98. The Kier molecular flexibility index (Phi) is 5.29. The lowest BCUT2D eigenvalue weighted by molar-refractivity contribution is -0.130. The van der Waals surface area contributed by atoms with Crippen molar-refractivity contribution in [2.75, 3.05) is 13.1 Å². The number of aryl methyl sites for hydroxylation is 1. The van der Waals surface area contributed by atoms with Crippen molar-refractivity contribution in [2.24, 2.45) is 5.41 Å². The quantitative estimate of drug-likeness (QED) is 0.828. The number of carbonyl (C=O) groups excluding carboxylic acids is 1. The topological polar surface area (TPSA) is 59.8 Å². The molecule has 0 radical (unpaired) electrons. The van der Waals surface area contributed by atoms with E-state index in [9.17, 15) is 4.79 Å². The second-order valence-corrected chi connectivity index (χ2v) is 5.78. The number of piperidine rings is 1. The first kappa shape index (κ1) is 15.2. The third-order valence-electron chi connectivity index (χ3n) is 4.33. The van der Waals surface area contributed by atoms with Gasteiger partial charge < -0.3 is 5.32 Å². The van der Waals surface area contributed by atoms with Crippen LogP contribution in [0.3, 0.4) is 0 Å². The molecule has 5 heteroatoms. The minimum Gasteiger partial charge on any atom is -0.317 e. The number of hydrogen-bond acceptors (Lipinski definition) is 4. The number of ketones is 1. The molecule has 2 rings (SSSR count). The zero-order chi connectivity index (χ0) is 14.4. The molecule has 1 aliphatic rings.